The molecule has 0 radical (unpaired) electrons. The molecule has 1 heterocycles. The summed E-state index contributed by atoms with van der Waals surface area (Å²) in [6.45, 7) is 0. The summed E-state index contributed by atoms with van der Waals surface area (Å²) in [6, 6.07) is 0. The van der Waals surface area contributed by atoms with Crippen LogP contribution in [-0.2, 0) is 9.59 Å². The molecule has 0 aliphatic carbocycles. The first-order valence-electron chi connectivity index (χ1n) is 3.69. The number of thioether (sulfide) groups is 1. The van der Waals surface area contributed by atoms with Crippen LogP contribution >= 0.6 is 11.8 Å². The number of rotatable bonds is 3. The molecule has 0 aromatic rings. The minimum atomic E-state index is -0.848. The SMILES string of the molecule is O=CC1SCC=CC1CC(=O)O. The Morgan fingerprint density at radius 3 is 3.08 bits per heavy atom. The largest absolute Gasteiger partial charge is 0.481 e. The number of hydrogen-bond acceptors (Lipinski definition) is 3. The van der Waals surface area contributed by atoms with E-state index in [0.717, 1.165) is 12.0 Å². The van der Waals surface area contributed by atoms with Crippen molar-refractivity contribution in [3.05, 3.63) is 12.2 Å². The Kier molecular flexibility index (Phi) is 3.34. The van der Waals surface area contributed by atoms with Crippen LogP contribution in [0.5, 0.6) is 0 Å². The summed E-state index contributed by atoms with van der Waals surface area (Å²) in [5.74, 6) is -0.169. The average molecular weight is 186 g/mol. The fourth-order valence-electron chi connectivity index (χ4n) is 1.16. The van der Waals surface area contributed by atoms with Crippen LogP contribution in [0.2, 0.25) is 0 Å². The minimum absolute atomic E-state index is 0.0485. The lowest BCUT2D eigenvalue weighted by atomic mass is 10.0. The first-order chi connectivity index (χ1) is 5.74. The second-order valence-corrected chi connectivity index (χ2v) is 3.83. The number of carboxylic acids is 1. The highest BCUT2D eigenvalue weighted by atomic mass is 32.2. The zero-order valence-electron chi connectivity index (χ0n) is 6.47. The lowest BCUT2D eigenvalue weighted by Crippen LogP contribution is -2.22. The zero-order chi connectivity index (χ0) is 8.97. The molecule has 0 aromatic carbocycles. The number of allylic oxidation sites excluding steroid dienone is 1. The van der Waals surface area contributed by atoms with Gasteiger partial charge in [0.1, 0.15) is 6.29 Å². The lowest BCUT2D eigenvalue weighted by Gasteiger charge is -2.20. The van der Waals surface area contributed by atoms with E-state index in [2.05, 4.69) is 0 Å². The van der Waals surface area contributed by atoms with E-state index in [0.29, 0.717) is 0 Å². The molecule has 0 spiro atoms. The fourth-order valence-corrected chi connectivity index (χ4v) is 2.11. The quantitative estimate of drug-likeness (QED) is 0.526. The normalized spacial score (nSPS) is 28.3. The van der Waals surface area contributed by atoms with Crippen molar-refractivity contribution in [3.8, 4) is 0 Å². The molecule has 3 nitrogen and oxygen atoms in total. The van der Waals surface area contributed by atoms with Crippen LogP contribution in [0.25, 0.3) is 0 Å². The van der Waals surface area contributed by atoms with Gasteiger partial charge in [-0.15, -0.1) is 11.8 Å². The van der Waals surface area contributed by atoms with Gasteiger partial charge in [-0.1, -0.05) is 12.2 Å². The van der Waals surface area contributed by atoms with Crippen LogP contribution in [0.1, 0.15) is 6.42 Å². The molecule has 0 aromatic heterocycles. The Morgan fingerprint density at radius 2 is 2.50 bits per heavy atom. The van der Waals surface area contributed by atoms with E-state index < -0.39 is 5.97 Å². The van der Waals surface area contributed by atoms with Crippen LogP contribution in [0, 0.1) is 5.92 Å². The number of carboxylic acid groups (broad SMARTS) is 1. The molecule has 1 aliphatic rings. The van der Waals surface area contributed by atoms with Gasteiger partial charge in [0.05, 0.1) is 11.7 Å². The summed E-state index contributed by atoms with van der Waals surface area (Å²) in [6.07, 6.45) is 4.62. The Morgan fingerprint density at radius 1 is 1.75 bits per heavy atom. The topological polar surface area (TPSA) is 54.4 Å². The van der Waals surface area contributed by atoms with Gasteiger partial charge in [-0.05, 0) is 0 Å². The summed E-state index contributed by atoms with van der Waals surface area (Å²) < 4.78 is 0. The monoisotopic (exact) mass is 186 g/mol. The molecule has 12 heavy (non-hydrogen) atoms. The van der Waals surface area contributed by atoms with E-state index in [-0.39, 0.29) is 17.6 Å². The summed E-state index contributed by atoms with van der Waals surface area (Å²) >= 11 is 1.50. The summed E-state index contributed by atoms with van der Waals surface area (Å²) in [5.41, 5.74) is 0. The molecule has 1 aliphatic heterocycles. The Balaban J connectivity index is 2.57. The lowest BCUT2D eigenvalue weighted by molar-refractivity contribution is -0.137. The van der Waals surface area contributed by atoms with Crippen LogP contribution in [-0.4, -0.2) is 28.4 Å². The third-order valence-electron chi connectivity index (χ3n) is 1.73. The van der Waals surface area contributed by atoms with Crippen LogP contribution in [0.4, 0.5) is 0 Å². The van der Waals surface area contributed by atoms with Gasteiger partial charge in [-0.2, -0.15) is 0 Å². The summed E-state index contributed by atoms with van der Waals surface area (Å²) in [4.78, 5) is 20.9. The highest BCUT2D eigenvalue weighted by Gasteiger charge is 2.23. The first-order valence-corrected chi connectivity index (χ1v) is 4.74. The van der Waals surface area contributed by atoms with Gasteiger partial charge in [0.15, 0.2) is 0 Å². The maximum absolute atomic E-state index is 10.5. The fraction of sp³-hybridized carbons (Fsp3) is 0.500. The number of carbonyl (C=O) groups is 2. The maximum atomic E-state index is 10.5. The summed E-state index contributed by atoms with van der Waals surface area (Å²) in [7, 11) is 0. The Hall–Kier alpha value is -0.770. The molecule has 0 saturated heterocycles. The van der Waals surface area contributed by atoms with Crippen LogP contribution in [0.3, 0.4) is 0 Å². The van der Waals surface area contributed by atoms with Gasteiger partial charge in [-0.25, -0.2) is 0 Å². The van der Waals surface area contributed by atoms with Gasteiger partial charge in [-0.3, -0.25) is 4.79 Å². The van der Waals surface area contributed by atoms with Crippen molar-refractivity contribution in [3.63, 3.8) is 0 Å². The number of aldehydes is 1. The van der Waals surface area contributed by atoms with E-state index in [1.54, 1.807) is 0 Å². The van der Waals surface area contributed by atoms with Gasteiger partial charge < -0.3 is 9.90 Å². The summed E-state index contributed by atoms with van der Waals surface area (Å²) in [5, 5.41) is 8.35. The molecule has 4 heteroatoms. The molecule has 1 N–H and O–H groups in total. The second-order valence-electron chi connectivity index (χ2n) is 2.62. The van der Waals surface area contributed by atoms with Crippen LogP contribution < -0.4 is 0 Å². The standard InChI is InChI=1S/C8H10O3S/c9-5-7-6(4-8(10)11)2-1-3-12-7/h1-2,5-7H,3-4H2,(H,10,11). The third kappa shape index (κ3) is 2.37. The molecule has 66 valence electrons. The van der Waals surface area contributed by atoms with Gasteiger partial charge >= 0.3 is 5.97 Å². The number of carbonyl (C=O) groups excluding carboxylic acids is 1. The van der Waals surface area contributed by atoms with Crippen molar-refractivity contribution < 1.29 is 14.7 Å². The molecule has 2 unspecified atom stereocenters. The molecule has 0 fully saturated rings. The predicted molar refractivity (Wildman–Crippen MR) is 47.2 cm³/mol. The molecular formula is C8H10O3S. The van der Waals surface area contributed by atoms with Gasteiger partial charge in [0, 0.05) is 11.7 Å². The Labute approximate surface area is 74.8 Å². The second kappa shape index (κ2) is 4.30. The van der Waals surface area contributed by atoms with E-state index >= 15 is 0 Å². The van der Waals surface area contributed by atoms with E-state index in [4.69, 9.17) is 5.11 Å². The van der Waals surface area contributed by atoms with E-state index in [1.165, 1.54) is 11.8 Å². The minimum Gasteiger partial charge on any atom is -0.481 e. The van der Waals surface area contributed by atoms with E-state index in [9.17, 15) is 9.59 Å². The molecule has 2 atom stereocenters. The van der Waals surface area contributed by atoms with Crippen molar-refractivity contribution in [1.82, 2.24) is 0 Å². The van der Waals surface area contributed by atoms with Crippen molar-refractivity contribution in [2.75, 3.05) is 5.75 Å². The van der Waals surface area contributed by atoms with Gasteiger partial charge in [0.25, 0.3) is 0 Å². The molecule has 0 bridgehead atoms. The smallest absolute Gasteiger partial charge is 0.303 e. The first kappa shape index (κ1) is 9.32. The molecule has 1 rings (SSSR count). The van der Waals surface area contributed by atoms with E-state index in [1.807, 2.05) is 12.2 Å². The molecule has 0 amide bonds. The van der Waals surface area contributed by atoms with Gasteiger partial charge in [0.2, 0.25) is 0 Å². The van der Waals surface area contributed by atoms with Crippen LogP contribution in [0.15, 0.2) is 12.2 Å². The highest BCUT2D eigenvalue weighted by molar-refractivity contribution is 8.00. The highest BCUT2D eigenvalue weighted by Crippen LogP contribution is 2.26. The van der Waals surface area contributed by atoms with Crippen molar-refractivity contribution in [2.24, 2.45) is 5.92 Å². The third-order valence-corrected chi connectivity index (χ3v) is 2.97. The molecule has 0 saturated carbocycles. The number of aliphatic carboxylic acids is 1. The zero-order valence-corrected chi connectivity index (χ0v) is 7.29. The van der Waals surface area contributed by atoms with Crippen molar-refractivity contribution in [1.29, 1.82) is 0 Å². The van der Waals surface area contributed by atoms with Crippen molar-refractivity contribution in [2.45, 2.75) is 11.7 Å². The maximum Gasteiger partial charge on any atom is 0.303 e. The predicted octanol–water partition coefficient (Wildman–Crippen LogP) is 0.948. The average Bonchev–Trinajstić information content (AvgIpc) is 2.04. The number of hydrogen-bond donors (Lipinski definition) is 1. The van der Waals surface area contributed by atoms with Crippen molar-refractivity contribution >= 4 is 24.0 Å². The Bertz CT molecular complexity index is 212. The molecular weight excluding hydrogens is 176 g/mol.